The van der Waals surface area contributed by atoms with E-state index in [0.717, 1.165) is 38.6 Å². The number of aromatic hydroxyl groups is 1. The number of aryl methyl sites for hydroxylation is 1. The summed E-state index contributed by atoms with van der Waals surface area (Å²) < 4.78 is 0. The first kappa shape index (κ1) is 16.9. The van der Waals surface area contributed by atoms with Crippen LogP contribution in [-0.4, -0.2) is 28.5 Å². The summed E-state index contributed by atoms with van der Waals surface area (Å²) in [5.41, 5.74) is 1.23. The predicted octanol–water partition coefficient (Wildman–Crippen LogP) is 4.14. The monoisotopic (exact) mass is 303 g/mol. The molecule has 0 bridgehead atoms. The van der Waals surface area contributed by atoms with E-state index in [9.17, 15) is 9.90 Å². The Morgan fingerprint density at radius 1 is 1.27 bits per heavy atom. The molecule has 0 saturated carbocycles. The molecule has 2 rings (SSSR count). The molecular weight excluding hydrogens is 274 g/mol. The molecule has 0 aliphatic carbocycles. The Hall–Kier alpha value is -1.51. The van der Waals surface area contributed by atoms with E-state index in [4.69, 9.17) is 0 Å². The number of nitrogens with zero attached hydrogens (tertiary/aromatic N) is 1. The van der Waals surface area contributed by atoms with Gasteiger partial charge >= 0.3 is 0 Å². The van der Waals surface area contributed by atoms with Gasteiger partial charge < -0.3 is 10.0 Å². The largest absolute Gasteiger partial charge is 0.508 e. The molecule has 1 aliphatic heterocycles. The van der Waals surface area contributed by atoms with E-state index >= 15 is 0 Å². The second kappa shape index (κ2) is 8.21. The minimum Gasteiger partial charge on any atom is -0.508 e. The minimum absolute atomic E-state index is 0.312. The number of phenolic OH excluding ortho intramolecular Hbond substituents is 1. The summed E-state index contributed by atoms with van der Waals surface area (Å²) in [6.07, 6.45) is 7.17. The van der Waals surface area contributed by atoms with E-state index < -0.39 is 0 Å². The SMILES string of the molecule is CC(C)CCC(=O)N1CCCC[C@@H]1CCc1ccc(O)cc1. The molecule has 0 spiro atoms. The first-order valence-electron chi connectivity index (χ1n) is 8.63. The highest BCUT2D eigenvalue weighted by atomic mass is 16.3. The van der Waals surface area contributed by atoms with Crippen LogP contribution < -0.4 is 0 Å². The van der Waals surface area contributed by atoms with Gasteiger partial charge in [0.15, 0.2) is 0 Å². The second-order valence-electron chi connectivity index (χ2n) is 6.87. The zero-order chi connectivity index (χ0) is 15.9. The maximum atomic E-state index is 12.5. The van der Waals surface area contributed by atoms with Gasteiger partial charge in [0.1, 0.15) is 5.75 Å². The van der Waals surface area contributed by atoms with Gasteiger partial charge in [-0.15, -0.1) is 0 Å². The lowest BCUT2D eigenvalue weighted by molar-refractivity contribution is -0.135. The minimum atomic E-state index is 0.312. The number of carbonyl (C=O) groups excluding carboxylic acids is 1. The van der Waals surface area contributed by atoms with Gasteiger partial charge in [-0.2, -0.15) is 0 Å². The van der Waals surface area contributed by atoms with Crippen LogP contribution in [0.15, 0.2) is 24.3 Å². The zero-order valence-electron chi connectivity index (χ0n) is 13.9. The number of piperidine rings is 1. The fourth-order valence-electron chi connectivity index (χ4n) is 3.18. The van der Waals surface area contributed by atoms with Crippen molar-refractivity contribution in [1.82, 2.24) is 4.90 Å². The summed E-state index contributed by atoms with van der Waals surface area (Å²) in [4.78, 5) is 14.6. The average Bonchev–Trinajstić information content (AvgIpc) is 2.52. The highest BCUT2D eigenvalue weighted by Gasteiger charge is 2.26. The lowest BCUT2D eigenvalue weighted by Gasteiger charge is -2.36. The van der Waals surface area contributed by atoms with Crippen LogP contribution in [0.4, 0.5) is 0 Å². The molecule has 1 amide bonds. The molecule has 1 aromatic carbocycles. The first-order valence-corrected chi connectivity index (χ1v) is 8.63. The number of likely N-dealkylation sites (tertiary alicyclic amines) is 1. The summed E-state index contributed by atoms with van der Waals surface area (Å²) in [5.74, 6) is 1.24. The van der Waals surface area contributed by atoms with Crippen LogP contribution in [0.1, 0.15) is 57.9 Å². The molecule has 1 fully saturated rings. The third-order valence-corrected chi connectivity index (χ3v) is 4.59. The zero-order valence-corrected chi connectivity index (χ0v) is 13.9. The molecule has 0 unspecified atom stereocenters. The molecule has 3 nitrogen and oxygen atoms in total. The maximum absolute atomic E-state index is 12.5. The Labute approximate surface area is 134 Å². The van der Waals surface area contributed by atoms with Crippen LogP contribution in [-0.2, 0) is 11.2 Å². The van der Waals surface area contributed by atoms with Crippen molar-refractivity contribution in [3.63, 3.8) is 0 Å². The molecule has 1 atom stereocenters. The first-order chi connectivity index (χ1) is 10.6. The van der Waals surface area contributed by atoms with E-state index in [1.54, 1.807) is 12.1 Å². The number of rotatable bonds is 6. The van der Waals surface area contributed by atoms with Crippen LogP contribution in [0.2, 0.25) is 0 Å². The fourth-order valence-corrected chi connectivity index (χ4v) is 3.18. The Balaban J connectivity index is 1.88. The summed E-state index contributed by atoms with van der Waals surface area (Å²) in [7, 11) is 0. The normalized spacial score (nSPS) is 18.7. The third kappa shape index (κ3) is 5.04. The van der Waals surface area contributed by atoms with Crippen molar-refractivity contribution < 1.29 is 9.90 Å². The van der Waals surface area contributed by atoms with Gasteiger partial charge in [0.2, 0.25) is 5.91 Å². The van der Waals surface area contributed by atoms with E-state index in [1.807, 2.05) is 12.1 Å². The van der Waals surface area contributed by atoms with Crippen LogP contribution in [0.5, 0.6) is 5.75 Å². The van der Waals surface area contributed by atoms with Gasteiger partial charge in [-0.05, 0) is 62.1 Å². The van der Waals surface area contributed by atoms with E-state index in [1.165, 1.54) is 12.0 Å². The Morgan fingerprint density at radius 3 is 2.68 bits per heavy atom. The van der Waals surface area contributed by atoms with Gasteiger partial charge in [0.25, 0.3) is 0 Å². The van der Waals surface area contributed by atoms with Crippen LogP contribution in [0.25, 0.3) is 0 Å². The van der Waals surface area contributed by atoms with Crippen molar-refractivity contribution in [2.75, 3.05) is 6.54 Å². The molecular formula is C19H29NO2. The van der Waals surface area contributed by atoms with E-state index in [0.29, 0.717) is 30.0 Å². The lowest BCUT2D eigenvalue weighted by Crippen LogP contribution is -2.44. The number of hydrogen-bond donors (Lipinski definition) is 1. The molecule has 3 heteroatoms. The molecule has 1 N–H and O–H groups in total. The second-order valence-corrected chi connectivity index (χ2v) is 6.87. The molecule has 1 aliphatic rings. The Morgan fingerprint density at radius 2 is 2.00 bits per heavy atom. The topological polar surface area (TPSA) is 40.5 Å². The van der Waals surface area contributed by atoms with E-state index in [-0.39, 0.29) is 0 Å². The van der Waals surface area contributed by atoms with Crippen LogP contribution >= 0.6 is 0 Å². The summed E-state index contributed by atoms with van der Waals surface area (Å²) in [6.45, 7) is 5.27. The fraction of sp³-hybridized carbons (Fsp3) is 0.632. The van der Waals surface area contributed by atoms with Crippen molar-refractivity contribution in [3.8, 4) is 5.75 Å². The van der Waals surface area contributed by atoms with Crippen molar-refractivity contribution >= 4 is 5.91 Å². The predicted molar refractivity (Wildman–Crippen MR) is 89.9 cm³/mol. The van der Waals surface area contributed by atoms with Crippen LogP contribution in [0, 0.1) is 5.92 Å². The summed E-state index contributed by atoms with van der Waals surface area (Å²) >= 11 is 0. The van der Waals surface area contributed by atoms with E-state index in [2.05, 4.69) is 18.7 Å². The van der Waals surface area contributed by atoms with Crippen molar-refractivity contribution in [2.24, 2.45) is 5.92 Å². The molecule has 0 radical (unpaired) electrons. The number of carbonyl (C=O) groups is 1. The Bertz CT molecular complexity index is 467. The lowest BCUT2D eigenvalue weighted by atomic mass is 9.95. The summed E-state index contributed by atoms with van der Waals surface area (Å²) in [5, 5.41) is 9.34. The molecule has 1 aromatic rings. The summed E-state index contributed by atoms with van der Waals surface area (Å²) in [6, 6.07) is 7.82. The molecule has 0 aromatic heterocycles. The van der Waals surface area contributed by atoms with Gasteiger partial charge in [0, 0.05) is 19.0 Å². The number of amides is 1. The average molecular weight is 303 g/mol. The highest BCUT2D eigenvalue weighted by Crippen LogP contribution is 2.23. The third-order valence-electron chi connectivity index (χ3n) is 4.59. The highest BCUT2D eigenvalue weighted by molar-refractivity contribution is 5.76. The van der Waals surface area contributed by atoms with Crippen molar-refractivity contribution in [2.45, 2.75) is 64.8 Å². The maximum Gasteiger partial charge on any atom is 0.222 e. The quantitative estimate of drug-likeness (QED) is 0.858. The van der Waals surface area contributed by atoms with Crippen molar-refractivity contribution in [3.05, 3.63) is 29.8 Å². The smallest absolute Gasteiger partial charge is 0.222 e. The number of phenols is 1. The van der Waals surface area contributed by atoms with Gasteiger partial charge in [-0.3, -0.25) is 4.79 Å². The molecule has 1 saturated heterocycles. The molecule has 22 heavy (non-hydrogen) atoms. The number of hydrogen-bond acceptors (Lipinski definition) is 2. The Kier molecular flexibility index (Phi) is 6.29. The van der Waals surface area contributed by atoms with Crippen LogP contribution in [0.3, 0.4) is 0 Å². The van der Waals surface area contributed by atoms with Gasteiger partial charge in [0.05, 0.1) is 0 Å². The molecule has 122 valence electrons. The standard InChI is InChI=1S/C19H29NO2/c1-15(2)6-13-19(22)20-14-4-3-5-17(20)10-7-16-8-11-18(21)12-9-16/h8-9,11-12,15,17,21H,3-7,10,13-14H2,1-2H3/t17-/m1/s1. The van der Waals surface area contributed by atoms with Crippen molar-refractivity contribution in [1.29, 1.82) is 0 Å². The van der Waals surface area contributed by atoms with Gasteiger partial charge in [-0.25, -0.2) is 0 Å². The molecule has 1 heterocycles. The number of benzene rings is 1. The van der Waals surface area contributed by atoms with Gasteiger partial charge in [-0.1, -0.05) is 26.0 Å².